The number of furan rings is 1. The molecule has 0 saturated carbocycles. The van der Waals surface area contributed by atoms with E-state index in [-0.39, 0.29) is 11.5 Å². The molecule has 3 rings (SSSR count). The standard InChI is InChI=1S/C17H15F3N2O4S/c1-10-4-5-12(8-11(10)2)22(3)27(23,24)16-7-6-14(25-16)13-9-15(26-21-13)17(18,19)20/h4-9H,1-3H3. The molecule has 144 valence electrons. The number of aryl methyl sites for hydroxylation is 2. The van der Waals surface area contributed by atoms with Crippen LogP contribution >= 0.6 is 0 Å². The first-order valence-electron chi connectivity index (χ1n) is 7.70. The Morgan fingerprint density at radius 1 is 1.04 bits per heavy atom. The minimum absolute atomic E-state index is 0.152. The van der Waals surface area contributed by atoms with Crippen LogP contribution in [0, 0.1) is 13.8 Å². The molecule has 0 saturated heterocycles. The minimum atomic E-state index is -4.70. The third-order valence-electron chi connectivity index (χ3n) is 4.09. The van der Waals surface area contributed by atoms with E-state index in [1.165, 1.54) is 13.1 Å². The van der Waals surface area contributed by atoms with Crippen LogP contribution in [0.4, 0.5) is 18.9 Å². The van der Waals surface area contributed by atoms with Gasteiger partial charge in [0.2, 0.25) is 10.9 Å². The van der Waals surface area contributed by atoms with E-state index < -0.39 is 27.1 Å². The second-order valence-electron chi connectivity index (χ2n) is 5.93. The SMILES string of the molecule is Cc1ccc(N(C)S(=O)(=O)c2ccc(-c3cc(C(F)(F)F)on3)o2)cc1C. The quantitative estimate of drug-likeness (QED) is 0.649. The molecule has 0 amide bonds. The van der Waals surface area contributed by atoms with Crippen molar-refractivity contribution in [2.45, 2.75) is 25.1 Å². The lowest BCUT2D eigenvalue weighted by atomic mass is 10.1. The van der Waals surface area contributed by atoms with E-state index >= 15 is 0 Å². The number of nitrogens with zero attached hydrogens (tertiary/aromatic N) is 2. The van der Waals surface area contributed by atoms with Gasteiger partial charge in [0, 0.05) is 13.1 Å². The smallest absolute Gasteiger partial charge is 0.441 e. The zero-order valence-corrected chi connectivity index (χ0v) is 15.4. The summed E-state index contributed by atoms with van der Waals surface area (Å²) in [5.74, 6) is -1.45. The van der Waals surface area contributed by atoms with Crippen LogP contribution in [-0.4, -0.2) is 20.6 Å². The van der Waals surface area contributed by atoms with Crippen LogP contribution in [0.1, 0.15) is 16.9 Å². The highest BCUT2D eigenvalue weighted by atomic mass is 32.2. The maximum atomic E-state index is 12.7. The molecule has 0 aliphatic heterocycles. The number of anilines is 1. The molecule has 0 bridgehead atoms. The number of hydrogen-bond donors (Lipinski definition) is 0. The highest BCUT2D eigenvalue weighted by molar-refractivity contribution is 7.92. The number of alkyl halides is 3. The van der Waals surface area contributed by atoms with Gasteiger partial charge >= 0.3 is 6.18 Å². The third-order valence-corrected chi connectivity index (χ3v) is 5.75. The van der Waals surface area contributed by atoms with Crippen LogP contribution in [0.3, 0.4) is 0 Å². The largest absolute Gasteiger partial charge is 0.452 e. The normalized spacial score (nSPS) is 12.4. The molecule has 0 unspecified atom stereocenters. The molecule has 0 spiro atoms. The average Bonchev–Trinajstić information content (AvgIpc) is 3.25. The lowest BCUT2D eigenvalue weighted by Crippen LogP contribution is -2.26. The van der Waals surface area contributed by atoms with Crippen molar-refractivity contribution in [2.75, 3.05) is 11.4 Å². The topological polar surface area (TPSA) is 76.6 Å². The summed E-state index contributed by atoms with van der Waals surface area (Å²) in [7, 11) is -2.68. The average molecular weight is 400 g/mol. The number of hydrogen-bond acceptors (Lipinski definition) is 5. The lowest BCUT2D eigenvalue weighted by molar-refractivity contribution is -0.155. The summed E-state index contributed by atoms with van der Waals surface area (Å²) < 4.78 is 73.8. The van der Waals surface area contributed by atoms with E-state index in [1.807, 2.05) is 13.8 Å². The number of aromatic nitrogens is 1. The third kappa shape index (κ3) is 3.57. The van der Waals surface area contributed by atoms with Crippen molar-refractivity contribution in [3.63, 3.8) is 0 Å². The molecule has 0 aliphatic carbocycles. The molecule has 0 N–H and O–H groups in total. The Labute approximate surface area is 153 Å². The highest BCUT2D eigenvalue weighted by Gasteiger charge is 2.36. The van der Waals surface area contributed by atoms with Gasteiger partial charge in [-0.15, -0.1) is 0 Å². The lowest BCUT2D eigenvalue weighted by Gasteiger charge is -2.18. The van der Waals surface area contributed by atoms with Gasteiger partial charge < -0.3 is 8.94 Å². The van der Waals surface area contributed by atoms with Crippen molar-refractivity contribution < 1.29 is 30.5 Å². The number of halogens is 3. The molecule has 10 heteroatoms. The molecule has 3 aromatic rings. The van der Waals surface area contributed by atoms with Gasteiger partial charge in [-0.3, -0.25) is 4.31 Å². The van der Waals surface area contributed by atoms with Gasteiger partial charge in [0.15, 0.2) is 5.76 Å². The summed E-state index contributed by atoms with van der Waals surface area (Å²) in [5, 5.41) is 2.85. The van der Waals surface area contributed by atoms with Crippen LogP contribution in [0.2, 0.25) is 0 Å². The van der Waals surface area contributed by atoms with E-state index in [0.717, 1.165) is 21.5 Å². The molecule has 27 heavy (non-hydrogen) atoms. The Hall–Kier alpha value is -2.75. The fourth-order valence-electron chi connectivity index (χ4n) is 2.32. The van der Waals surface area contributed by atoms with E-state index in [0.29, 0.717) is 11.8 Å². The fourth-order valence-corrected chi connectivity index (χ4v) is 3.41. The Morgan fingerprint density at radius 2 is 1.74 bits per heavy atom. The van der Waals surface area contributed by atoms with Crippen molar-refractivity contribution in [1.82, 2.24) is 5.16 Å². The van der Waals surface area contributed by atoms with E-state index in [9.17, 15) is 21.6 Å². The summed E-state index contributed by atoms with van der Waals surface area (Å²) in [5.41, 5.74) is 2.10. The first kappa shape index (κ1) is 19.0. The van der Waals surface area contributed by atoms with E-state index in [1.54, 1.807) is 18.2 Å². The maximum absolute atomic E-state index is 12.7. The van der Waals surface area contributed by atoms with Crippen LogP contribution in [0.25, 0.3) is 11.5 Å². The second-order valence-corrected chi connectivity index (χ2v) is 7.83. The Balaban J connectivity index is 1.92. The molecule has 1 aromatic carbocycles. The van der Waals surface area contributed by atoms with E-state index in [4.69, 9.17) is 4.42 Å². The summed E-state index contributed by atoms with van der Waals surface area (Å²) in [6.45, 7) is 3.76. The van der Waals surface area contributed by atoms with Gasteiger partial charge in [-0.2, -0.15) is 21.6 Å². The first-order valence-corrected chi connectivity index (χ1v) is 9.14. The van der Waals surface area contributed by atoms with Gasteiger partial charge in [0.1, 0.15) is 5.69 Å². The summed E-state index contributed by atoms with van der Waals surface area (Å²) in [6, 6.07) is 8.17. The predicted octanol–water partition coefficient (Wildman–Crippen LogP) is 4.40. The van der Waals surface area contributed by atoms with E-state index in [2.05, 4.69) is 9.68 Å². The number of sulfonamides is 1. The van der Waals surface area contributed by atoms with Crippen LogP contribution in [0.15, 0.2) is 50.4 Å². The fraction of sp³-hybridized carbons (Fsp3) is 0.235. The molecular weight excluding hydrogens is 385 g/mol. The van der Waals surface area contributed by atoms with Gasteiger partial charge in [-0.05, 0) is 49.2 Å². The zero-order valence-electron chi connectivity index (χ0n) is 14.5. The zero-order chi connectivity index (χ0) is 20.0. The molecule has 0 aliphatic rings. The van der Waals surface area contributed by atoms with Crippen LogP contribution in [0.5, 0.6) is 0 Å². The molecule has 0 radical (unpaired) electrons. The summed E-state index contributed by atoms with van der Waals surface area (Å²) >= 11 is 0. The summed E-state index contributed by atoms with van der Waals surface area (Å²) in [4.78, 5) is 0. The van der Waals surface area contributed by atoms with Crippen molar-refractivity contribution in [3.8, 4) is 11.5 Å². The van der Waals surface area contributed by atoms with Gasteiger partial charge in [-0.25, -0.2) is 0 Å². The summed E-state index contributed by atoms with van der Waals surface area (Å²) in [6.07, 6.45) is -4.70. The number of benzene rings is 1. The number of rotatable bonds is 4. The molecule has 2 aromatic heterocycles. The van der Waals surface area contributed by atoms with Crippen molar-refractivity contribution in [3.05, 3.63) is 53.3 Å². The highest BCUT2D eigenvalue weighted by Crippen LogP contribution is 2.33. The molecular formula is C17H15F3N2O4S. The van der Waals surface area contributed by atoms with Crippen molar-refractivity contribution in [1.29, 1.82) is 0 Å². The van der Waals surface area contributed by atoms with Gasteiger partial charge in [-0.1, -0.05) is 11.2 Å². The molecule has 2 heterocycles. The Kier molecular flexibility index (Phi) is 4.54. The minimum Gasteiger partial charge on any atom is -0.441 e. The van der Waals surface area contributed by atoms with Crippen LogP contribution in [-0.2, 0) is 16.2 Å². The van der Waals surface area contributed by atoms with Crippen molar-refractivity contribution >= 4 is 15.7 Å². The maximum Gasteiger partial charge on any atom is 0.452 e. The second kappa shape index (κ2) is 6.45. The Bertz CT molecular complexity index is 1080. The molecule has 6 nitrogen and oxygen atoms in total. The molecule has 0 fully saturated rings. The monoisotopic (exact) mass is 400 g/mol. The van der Waals surface area contributed by atoms with Gasteiger partial charge in [0.25, 0.3) is 10.0 Å². The van der Waals surface area contributed by atoms with Gasteiger partial charge in [0.05, 0.1) is 5.69 Å². The Morgan fingerprint density at radius 3 is 2.33 bits per heavy atom. The van der Waals surface area contributed by atoms with Crippen LogP contribution < -0.4 is 4.31 Å². The van der Waals surface area contributed by atoms with Crippen molar-refractivity contribution in [2.24, 2.45) is 0 Å². The predicted molar refractivity (Wildman–Crippen MR) is 90.7 cm³/mol. The first-order chi connectivity index (χ1) is 12.5. The molecule has 0 atom stereocenters.